The Morgan fingerprint density at radius 3 is 2.72 bits per heavy atom. The third-order valence-corrected chi connectivity index (χ3v) is 2.71. The van der Waals surface area contributed by atoms with E-state index in [9.17, 15) is 0 Å². The number of benzene rings is 1. The van der Waals surface area contributed by atoms with Crippen LogP contribution in [0.2, 0.25) is 5.02 Å². The molecule has 1 aromatic heterocycles. The van der Waals surface area contributed by atoms with Crippen molar-refractivity contribution in [3.05, 3.63) is 52.8 Å². The number of halogens is 1. The second-order valence-electron chi connectivity index (χ2n) is 3.91. The predicted octanol–water partition coefficient (Wildman–Crippen LogP) is 3.63. The maximum Gasteiger partial charge on any atom is 0.161 e. The highest BCUT2D eigenvalue weighted by molar-refractivity contribution is 6.30. The number of rotatable bonds is 4. The Bertz CT molecular complexity index is 543. The summed E-state index contributed by atoms with van der Waals surface area (Å²) >= 11 is 5.89. The van der Waals surface area contributed by atoms with Gasteiger partial charge in [-0.2, -0.15) is 0 Å². The molecule has 0 amide bonds. The zero-order valence-electron chi connectivity index (χ0n) is 10.3. The van der Waals surface area contributed by atoms with E-state index in [1.165, 1.54) is 0 Å². The molecule has 0 fully saturated rings. The molecule has 0 saturated carbocycles. The molecule has 94 valence electrons. The van der Waals surface area contributed by atoms with Crippen molar-refractivity contribution in [1.29, 1.82) is 0 Å². The van der Waals surface area contributed by atoms with Gasteiger partial charge in [-0.25, -0.2) is 0 Å². The molecule has 0 N–H and O–H groups in total. The van der Waals surface area contributed by atoms with Crippen molar-refractivity contribution in [1.82, 2.24) is 4.98 Å². The Hall–Kier alpha value is -1.74. The minimum Gasteiger partial charge on any atom is -0.493 e. The van der Waals surface area contributed by atoms with Crippen molar-refractivity contribution in [2.24, 2.45) is 0 Å². The second-order valence-corrected chi connectivity index (χ2v) is 4.34. The first-order valence-corrected chi connectivity index (χ1v) is 5.94. The van der Waals surface area contributed by atoms with Gasteiger partial charge in [-0.3, -0.25) is 4.98 Å². The average molecular weight is 264 g/mol. The topological polar surface area (TPSA) is 31.4 Å². The first-order valence-electron chi connectivity index (χ1n) is 5.57. The molecule has 0 saturated heterocycles. The first kappa shape index (κ1) is 12.7. The Labute approximate surface area is 111 Å². The van der Waals surface area contributed by atoms with E-state index in [0.717, 1.165) is 17.0 Å². The predicted molar refractivity (Wildman–Crippen MR) is 71.3 cm³/mol. The van der Waals surface area contributed by atoms with Gasteiger partial charge in [0.05, 0.1) is 12.8 Å². The van der Waals surface area contributed by atoms with Crippen LogP contribution in [-0.2, 0) is 6.61 Å². The normalized spacial score (nSPS) is 10.2. The Balaban J connectivity index is 2.10. The molecule has 0 radical (unpaired) electrons. The van der Waals surface area contributed by atoms with Crippen LogP contribution in [0.1, 0.15) is 11.3 Å². The van der Waals surface area contributed by atoms with Crippen LogP contribution in [0.5, 0.6) is 11.5 Å². The van der Waals surface area contributed by atoms with Crippen LogP contribution in [0.4, 0.5) is 0 Å². The summed E-state index contributed by atoms with van der Waals surface area (Å²) in [4.78, 5) is 4.18. The van der Waals surface area contributed by atoms with E-state index in [1.54, 1.807) is 25.4 Å². The van der Waals surface area contributed by atoms with Crippen molar-refractivity contribution in [2.75, 3.05) is 7.11 Å². The fourth-order valence-electron chi connectivity index (χ4n) is 1.57. The lowest BCUT2D eigenvalue weighted by atomic mass is 10.2. The van der Waals surface area contributed by atoms with E-state index >= 15 is 0 Å². The first-order chi connectivity index (χ1) is 8.69. The summed E-state index contributed by atoms with van der Waals surface area (Å²) < 4.78 is 10.9. The number of hydrogen-bond donors (Lipinski definition) is 0. The number of aryl methyl sites for hydroxylation is 1. The van der Waals surface area contributed by atoms with E-state index in [0.29, 0.717) is 17.4 Å². The van der Waals surface area contributed by atoms with E-state index in [4.69, 9.17) is 21.1 Å². The quantitative estimate of drug-likeness (QED) is 0.844. The number of ether oxygens (including phenoxy) is 2. The third-order valence-electron chi connectivity index (χ3n) is 2.47. The second kappa shape index (κ2) is 5.74. The number of pyridine rings is 1. The smallest absolute Gasteiger partial charge is 0.161 e. The number of hydrogen-bond acceptors (Lipinski definition) is 3. The standard InChI is InChI=1S/C14H14ClNO2/c1-10-3-4-13(14(7-10)17-2)18-9-12-8-11(15)5-6-16-12/h3-8H,9H2,1-2H3. The summed E-state index contributed by atoms with van der Waals surface area (Å²) in [5, 5.41) is 0.652. The summed E-state index contributed by atoms with van der Waals surface area (Å²) in [6, 6.07) is 9.31. The van der Waals surface area contributed by atoms with Crippen molar-refractivity contribution in [3.63, 3.8) is 0 Å². The number of nitrogens with zero attached hydrogens (tertiary/aromatic N) is 1. The van der Waals surface area contributed by atoms with Crippen molar-refractivity contribution in [2.45, 2.75) is 13.5 Å². The molecule has 0 unspecified atom stereocenters. The molecule has 2 aromatic rings. The lowest BCUT2D eigenvalue weighted by Crippen LogP contribution is -1.99. The SMILES string of the molecule is COc1cc(C)ccc1OCc1cc(Cl)ccn1. The van der Waals surface area contributed by atoms with Crippen LogP contribution in [0.3, 0.4) is 0 Å². The molecule has 1 heterocycles. The number of methoxy groups -OCH3 is 1. The Morgan fingerprint density at radius 1 is 1.17 bits per heavy atom. The van der Waals surface area contributed by atoms with E-state index in [1.807, 2.05) is 25.1 Å². The lowest BCUT2D eigenvalue weighted by Gasteiger charge is -2.11. The molecular weight excluding hydrogens is 250 g/mol. The van der Waals surface area contributed by atoms with Crippen LogP contribution in [0.15, 0.2) is 36.5 Å². The third kappa shape index (κ3) is 3.14. The average Bonchev–Trinajstić information content (AvgIpc) is 2.37. The molecular formula is C14H14ClNO2. The van der Waals surface area contributed by atoms with Crippen molar-refractivity contribution in [3.8, 4) is 11.5 Å². The summed E-state index contributed by atoms with van der Waals surface area (Å²) in [6.07, 6.45) is 1.66. The minimum absolute atomic E-state index is 0.361. The highest BCUT2D eigenvalue weighted by Crippen LogP contribution is 2.28. The van der Waals surface area contributed by atoms with Gasteiger partial charge in [0.2, 0.25) is 0 Å². The molecule has 0 aliphatic heterocycles. The molecule has 0 aliphatic rings. The molecule has 3 nitrogen and oxygen atoms in total. The van der Waals surface area contributed by atoms with Gasteiger partial charge in [-0.15, -0.1) is 0 Å². The van der Waals surface area contributed by atoms with Crippen LogP contribution < -0.4 is 9.47 Å². The zero-order valence-corrected chi connectivity index (χ0v) is 11.1. The van der Waals surface area contributed by atoms with Crippen LogP contribution in [-0.4, -0.2) is 12.1 Å². The molecule has 0 atom stereocenters. The maximum atomic E-state index is 5.89. The fourth-order valence-corrected chi connectivity index (χ4v) is 1.76. The summed E-state index contributed by atoms with van der Waals surface area (Å²) in [5.74, 6) is 1.42. The minimum atomic E-state index is 0.361. The monoisotopic (exact) mass is 263 g/mol. The summed E-state index contributed by atoms with van der Waals surface area (Å²) in [7, 11) is 1.62. The van der Waals surface area contributed by atoms with Crippen molar-refractivity contribution < 1.29 is 9.47 Å². The van der Waals surface area contributed by atoms with Crippen molar-refractivity contribution >= 4 is 11.6 Å². The molecule has 1 aromatic carbocycles. The van der Waals surface area contributed by atoms with Gasteiger partial charge >= 0.3 is 0 Å². The van der Waals surface area contributed by atoms with Gasteiger partial charge in [0.1, 0.15) is 6.61 Å². The Kier molecular flexibility index (Phi) is 4.05. The van der Waals surface area contributed by atoms with E-state index in [2.05, 4.69) is 4.98 Å². The Morgan fingerprint density at radius 2 is 2.00 bits per heavy atom. The van der Waals surface area contributed by atoms with Crippen LogP contribution in [0.25, 0.3) is 0 Å². The van der Waals surface area contributed by atoms with Gasteiger partial charge in [0, 0.05) is 11.2 Å². The van der Waals surface area contributed by atoms with Gasteiger partial charge in [0.15, 0.2) is 11.5 Å². The highest BCUT2D eigenvalue weighted by atomic mass is 35.5. The van der Waals surface area contributed by atoms with Gasteiger partial charge < -0.3 is 9.47 Å². The van der Waals surface area contributed by atoms with E-state index in [-0.39, 0.29) is 0 Å². The summed E-state index contributed by atoms with van der Waals surface area (Å²) in [5.41, 5.74) is 1.91. The number of aromatic nitrogens is 1. The van der Waals surface area contributed by atoms with Gasteiger partial charge in [-0.1, -0.05) is 17.7 Å². The fraction of sp³-hybridized carbons (Fsp3) is 0.214. The highest BCUT2D eigenvalue weighted by Gasteiger charge is 2.05. The molecule has 2 rings (SSSR count). The molecule has 18 heavy (non-hydrogen) atoms. The van der Waals surface area contributed by atoms with Crippen LogP contribution >= 0.6 is 11.6 Å². The zero-order chi connectivity index (χ0) is 13.0. The van der Waals surface area contributed by atoms with Crippen LogP contribution in [0, 0.1) is 6.92 Å². The molecule has 0 spiro atoms. The maximum absolute atomic E-state index is 5.89. The molecule has 0 bridgehead atoms. The largest absolute Gasteiger partial charge is 0.493 e. The molecule has 0 aliphatic carbocycles. The molecule has 4 heteroatoms. The van der Waals surface area contributed by atoms with Gasteiger partial charge in [0.25, 0.3) is 0 Å². The summed E-state index contributed by atoms with van der Waals surface area (Å²) in [6.45, 7) is 2.37. The van der Waals surface area contributed by atoms with E-state index < -0.39 is 0 Å². The van der Waals surface area contributed by atoms with Gasteiger partial charge in [-0.05, 0) is 36.8 Å². The lowest BCUT2D eigenvalue weighted by molar-refractivity contribution is 0.280.